The number of aromatic nitrogens is 1. The molecule has 0 atom stereocenters. The van der Waals surface area contributed by atoms with Crippen LogP contribution in [0.1, 0.15) is 66.5 Å². The van der Waals surface area contributed by atoms with Gasteiger partial charge in [-0.2, -0.15) is 10.4 Å². The van der Waals surface area contributed by atoms with Crippen molar-refractivity contribution in [3.63, 3.8) is 0 Å². The molecule has 2 aromatic carbocycles. The number of fused-ring (bicyclic) bond motifs is 1. The first kappa shape index (κ1) is 26.1. The van der Waals surface area contributed by atoms with E-state index in [1.165, 1.54) is 23.2 Å². The Labute approximate surface area is 229 Å². The van der Waals surface area contributed by atoms with Crippen molar-refractivity contribution in [1.82, 2.24) is 9.99 Å². The minimum Gasteiger partial charge on any atom is -0.322 e. The predicted molar refractivity (Wildman–Crippen MR) is 150 cm³/mol. The van der Waals surface area contributed by atoms with Gasteiger partial charge in [-0.1, -0.05) is 18.2 Å². The molecule has 196 valence electrons. The quantitative estimate of drug-likeness (QED) is 0.230. The third-order valence-corrected chi connectivity index (χ3v) is 8.07. The zero-order valence-corrected chi connectivity index (χ0v) is 22.4. The molecule has 2 amide bonds. The Morgan fingerprint density at radius 1 is 1.08 bits per heavy atom. The van der Waals surface area contributed by atoms with Crippen molar-refractivity contribution in [3.05, 3.63) is 104 Å². The van der Waals surface area contributed by atoms with E-state index < -0.39 is 11.7 Å². The molecule has 0 unspecified atom stereocenters. The Morgan fingerprint density at radius 2 is 1.85 bits per heavy atom. The van der Waals surface area contributed by atoms with Crippen LogP contribution < -0.4 is 10.7 Å². The van der Waals surface area contributed by atoms with Crippen LogP contribution in [0.25, 0.3) is 5.00 Å². The highest BCUT2D eigenvalue weighted by molar-refractivity contribution is 7.15. The molecule has 1 aliphatic rings. The van der Waals surface area contributed by atoms with Gasteiger partial charge in [0.15, 0.2) is 0 Å². The fourth-order valence-corrected chi connectivity index (χ4v) is 6.38. The van der Waals surface area contributed by atoms with E-state index in [2.05, 4.69) is 20.4 Å². The summed E-state index contributed by atoms with van der Waals surface area (Å²) in [6, 6.07) is 16.8. The number of thiophene rings is 1. The lowest BCUT2D eigenvalue weighted by Crippen LogP contribution is -2.19. The van der Waals surface area contributed by atoms with Gasteiger partial charge < -0.3 is 9.88 Å². The van der Waals surface area contributed by atoms with Crippen LogP contribution in [0.3, 0.4) is 0 Å². The van der Waals surface area contributed by atoms with Gasteiger partial charge in [-0.3, -0.25) is 9.59 Å². The van der Waals surface area contributed by atoms with Crippen molar-refractivity contribution in [1.29, 1.82) is 5.26 Å². The average Bonchev–Trinajstić information content (AvgIpc) is 3.44. The lowest BCUT2D eigenvalue weighted by Gasteiger charge is -2.14. The van der Waals surface area contributed by atoms with Gasteiger partial charge in [0.25, 0.3) is 11.8 Å². The Hall–Kier alpha value is -4.55. The Kier molecular flexibility index (Phi) is 7.39. The van der Waals surface area contributed by atoms with E-state index in [0.717, 1.165) is 65.0 Å². The number of nitriles is 1. The number of hydrogen-bond acceptors (Lipinski definition) is 5. The molecule has 0 aliphatic heterocycles. The van der Waals surface area contributed by atoms with Gasteiger partial charge in [-0.25, -0.2) is 9.82 Å². The van der Waals surface area contributed by atoms with Crippen LogP contribution in [0, 0.1) is 31.0 Å². The molecule has 4 aromatic rings. The third kappa shape index (κ3) is 5.24. The largest absolute Gasteiger partial charge is 0.322 e. The summed E-state index contributed by atoms with van der Waals surface area (Å²) in [4.78, 5) is 27.2. The van der Waals surface area contributed by atoms with Crippen LogP contribution in [0.4, 0.5) is 10.1 Å². The minimum atomic E-state index is -0.789. The molecular formula is C30H26FN5O2S. The number of anilines is 1. The fourth-order valence-electron chi connectivity index (χ4n) is 4.88. The molecule has 0 radical (unpaired) electrons. The highest BCUT2D eigenvalue weighted by Gasteiger charge is 2.28. The molecule has 0 bridgehead atoms. The number of para-hydroxylation sites is 1. The van der Waals surface area contributed by atoms with Crippen LogP contribution in [-0.4, -0.2) is 22.6 Å². The lowest BCUT2D eigenvalue weighted by atomic mass is 9.95. The van der Waals surface area contributed by atoms with Crippen LogP contribution in [0.15, 0.2) is 59.7 Å². The summed E-state index contributed by atoms with van der Waals surface area (Å²) in [7, 11) is 0. The Balaban J connectivity index is 1.44. The Bertz CT molecular complexity index is 1650. The van der Waals surface area contributed by atoms with Crippen LogP contribution in [0.2, 0.25) is 0 Å². The minimum absolute atomic E-state index is 0.130. The van der Waals surface area contributed by atoms with E-state index in [1.807, 2.05) is 56.3 Å². The number of benzene rings is 2. The molecule has 2 N–H and O–H groups in total. The van der Waals surface area contributed by atoms with Crippen molar-refractivity contribution in [2.24, 2.45) is 5.10 Å². The van der Waals surface area contributed by atoms with E-state index in [0.29, 0.717) is 5.56 Å². The number of aryl methyl sites for hydroxylation is 2. The number of carbonyl (C=O) groups excluding carboxylic acids is 2. The van der Waals surface area contributed by atoms with Gasteiger partial charge >= 0.3 is 0 Å². The number of carbonyl (C=O) groups is 2. The molecule has 7 nitrogen and oxygen atoms in total. The molecule has 9 heteroatoms. The fraction of sp³-hybridized carbons (Fsp3) is 0.200. The molecule has 0 saturated heterocycles. The Morgan fingerprint density at radius 3 is 2.59 bits per heavy atom. The van der Waals surface area contributed by atoms with Crippen molar-refractivity contribution in [2.45, 2.75) is 39.5 Å². The summed E-state index contributed by atoms with van der Waals surface area (Å²) < 4.78 is 16.2. The van der Waals surface area contributed by atoms with Crippen molar-refractivity contribution < 1.29 is 14.0 Å². The van der Waals surface area contributed by atoms with Crippen LogP contribution >= 0.6 is 11.3 Å². The predicted octanol–water partition coefficient (Wildman–Crippen LogP) is 6.06. The molecule has 0 saturated carbocycles. The first-order valence-electron chi connectivity index (χ1n) is 12.6. The van der Waals surface area contributed by atoms with Crippen molar-refractivity contribution >= 4 is 35.1 Å². The van der Waals surface area contributed by atoms with Gasteiger partial charge in [0.1, 0.15) is 10.8 Å². The lowest BCUT2D eigenvalue weighted by molar-refractivity contribution is 0.0950. The second-order valence-electron chi connectivity index (χ2n) is 9.38. The van der Waals surface area contributed by atoms with E-state index >= 15 is 0 Å². The zero-order valence-electron chi connectivity index (χ0n) is 21.5. The average molecular weight is 540 g/mol. The number of hydrogen-bond donors (Lipinski definition) is 2. The molecular weight excluding hydrogens is 513 g/mol. The van der Waals surface area contributed by atoms with Crippen LogP contribution in [-0.2, 0) is 12.8 Å². The topological polar surface area (TPSA) is 99.3 Å². The van der Waals surface area contributed by atoms with Crippen molar-refractivity contribution in [2.75, 3.05) is 5.32 Å². The maximum atomic E-state index is 14.2. The summed E-state index contributed by atoms with van der Waals surface area (Å²) in [5.41, 5.74) is 7.40. The molecule has 2 aromatic heterocycles. The third-order valence-electron chi connectivity index (χ3n) is 6.80. The number of rotatable bonds is 6. The summed E-state index contributed by atoms with van der Waals surface area (Å²) in [6.45, 7) is 3.90. The summed E-state index contributed by atoms with van der Waals surface area (Å²) in [5, 5.41) is 16.9. The molecule has 1 aliphatic carbocycles. The number of hydrazone groups is 1. The van der Waals surface area contributed by atoms with Gasteiger partial charge in [-0.05, 0) is 81.5 Å². The highest BCUT2D eigenvalue weighted by Crippen LogP contribution is 2.39. The highest BCUT2D eigenvalue weighted by atomic mass is 32.1. The van der Waals surface area contributed by atoms with E-state index in [-0.39, 0.29) is 17.0 Å². The number of halogens is 1. The number of nitrogens with one attached hydrogen (secondary N) is 2. The molecule has 5 rings (SSSR count). The normalized spacial score (nSPS) is 12.7. The summed E-state index contributed by atoms with van der Waals surface area (Å²) in [6.07, 6.45) is 5.49. The van der Waals surface area contributed by atoms with E-state index in [4.69, 9.17) is 5.26 Å². The first-order valence-corrected chi connectivity index (χ1v) is 13.4. The number of nitrogens with zero attached hydrogens (tertiary/aromatic N) is 3. The zero-order chi connectivity index (χ0) is 27.5. The summed E-state index contributed by atoms with van der Waals surface area (Å²) >= 11 is 1.65. The molecule has 2 heterocycles. The smallest absolute Gasteiger partial charge is 0.274 e. The second kappa shape index (κ2) is 11.1. The number of amides is 2. The first-order chi connectivity index (χ1) is 18.9. The standard InChI is InChI=1S/C30H26FN5O2S/c1-18-14-21(17-33-35-28(37)23-13-12-20(16-32)15-25(23)31)19(2)36(18)30-27(24-10-6-7-11-26(24)39-30)29(38)34-22-8-4-3-5-9-22/h3-5,8-9,12-15,17H,6-7,10-11H2,1-2H3,(H,34,38)(H,35,37)/b33-17-. The van der Waals surface area contributed by atoms with Gasteiger partial charge in [-0.15, -0.1) is 11.3 Å². The van der Waals surface area contributed by atoms with Gasteiger partial charge in [0.2, 0.25) is 0 Å². The second-order valence-corrected chi connectivity index (χ2v) is 10.5. The van der Waals surface area contributed by atoms with Crippen molar-refractivity contribution in [3.8, 4) is 11.1 Å². The van der Waals surface area contributed by atoms with E-state index in [1.54, 1.807) is 11.3 Å². The molecule has 0 fully saturated rings. The molecule has 39 heavy (non-hydrogen) atoms. The molecule has 0 spiro atoms. The van der Waals surface area contributed by atoms with E-state index in [9.17, 15) is 14.0 Å². The monoisotopic (exact) mass is 539 g/mol. The van der Waals surface area contributed by atoms with Crippen LogP contribution in [0.5, 0.6) is 0 Å². The van der Waals surface area contributed by atoms with Gasteiger partial charge in [0.05, 0.1) is 29.0 Å². The summed E-state index contributed by atoms with van der Waals surface area (Å²) in [5.74, 6) is -1.63. The SMILES string of the molecule is Cc1cc(/C=N\NC(=O)c2ccc(C#N)cc2F)c(C)n1-c1sc2c(c1C(=O)Nc1ccccc1)CCCC2. The van der Waals surface area contributed by atoms with Gasteiger partial charge in [0, 0.05) is 27.5 Å². The maximum absolute atomic E-state index is 14.2. The maximum Gasteiger partial charge on any atom is 0.274 e.